The van der Waals surface area contributed by atoms with Gasteiger partial charge in [0.2, 0.25) is 5.91 Å². The summed E-state index contributed by atoms with van der Waals surface area (Å²) >= 11 is 0. The third-order valence-electron chi connectivity index (χ3n) is 6.48. The molecule has 1 fully saturated rings. The molecule has 3 unspecified atom stereocenters. The Morgan fingerprint density at radius 3 is 2.22 bits per heavy atom. The standard InChI is InChI=1S/C25H28N2O5/c1-15(23(28)27-22-13-7-6-12-20(22)24(29)30)26-25(31)32-14-21-18-10-4-2-8-16(18)17-9-3-5-11-19(17)21/h2-5,8-11,15,20-22H,6-7,12-14H2,1H3,(H,26,31)(H,27,28)(H,29,30). The fraction of sp³-hybridized carbons (Fsp3) is 0.400. The zero-order valence-corrected chi connectivity index (χ0v) is 18.0. The number of benzene rings is 2. The molecule has 2 aromatic carbocycles. The summed E-state index contributed by atoms with van der Waals surface area (Å²) in [6, 6.07) is 14.9. The Morgan fingerprint density at radius 1 is 1.00 bits per heavy atom. The zero-order chi connectivity index (χ0) is 22.7. The predicted octanol–water partition coefficient (Wildman–Crippen LogP) is 3.67. The lowest BCUT2D eigenvalue weighted by molar-refractivity contribution is -0.144. The molecule has 3 N–H and O–H groups in total. The lowest BCUT2D eigenvalue weighted by Gasteiger charge is -2.30. The van der Waals surface area contributed by atoms with E-state index in [4.69, 9.17) is 4.74 Å². The number of ether oxygens (including phenoxy) is 1. The van der Waals surface area contributed by atoms with Crippen LogP contribution in [-0.2, 0) is 14.3 Å². The summed E-state index contributed by atoms with van der Waals surface area (Å²) in [5.41, 5.74) is 4.52. The van der Waals surface area contributed by atoms with E-state index in [0.717, 1.165) is 35.1 Å². The minimum Gasteiger partial charge on any atom is -0.481 e. The van der Waals surface area contributed by atoms with Crippen molar-refractivity contribution in [3.05, 3.63) is 59.7 Å². The first-order valence-corrected chi connectivity index (χ1v) is 11.1. The highest BCUT2D eigenvalue weighted by molar-refractivity contribution is 5.86. The van der Waals surface area contributed by atoms with E-state index >= 15 is 0 Å². The normalized spacial score (nSPS) is 20.5. The second-order valence-corrected chi connectivity index (χ2v) is 8.54. The molecule has 4 rings (SSSR count). The van der Waals surface area contributed by atoms with Gasteiger partial charge in [0, 0.05) is 12.0 Å². The molecule has 2 aliphatic rings. The highest BCUT2D eigenvalue weighted by Gasteiger charge is 2.33. The third kappa shape index (κ3) is 4.47. The van der Waals surface area contributed by atoms with Gasteiger partial charge < -0.3 is 20.5 Å². The number of amides is 2. The van der Waals surface area contributed by atoms with Crippen LogP contribution >= 0.6 is 0 Å². The van der Waals surface area contributed by atoms with Gasteiger partial charge >= 0.3 is 12.1 Å². The Balaban J connectivity index is 1.33. The highest BCUT2D eigenvalue weighted by atomic mass is 16.5. The van der Waals surface area contributed by atoms with Crippen molar-refractivity contribution in [1.29, 1.82) is 0 Å². The van der Waals surface area contributed by atoms with Crippen molar-refractivity contribution in [2.24, 2.45) is 5.92 Å². The smallest absolute Gasteiger partial charge is 0.407 e. The van der Waals surface area contributed by atoms with Gasteiger partial charge in [0.05, 0.1) is 5.92 Å². The van der Waals surface area contributed by atoms with Gasteiger partial charge in [-0.25, -0.2) is 4.79 Å². The van der Waals surface area contributed by atoms with E-state index in [-0.39, 0.29) is 12.5 Å². The third-order valence-corrected chi connectivity index (χ3v) is 6.48. The van der Waals surface area contributed by atoms with Gasteiger partial charge in [-0.2, -0.15) is 0 Å². The second-order valence-electron chi connectivity index (χ2n) is 8.54. The van der Waals surface area contributed by atoms with Crippen LogP contribution in [0.15, 0.2) is 48.5 Å². The lowest BCUT2D eigenvalue weighted by Crippen LogP contribution is -2.52. The molecule has 7 nitrogen and oxygen atoms in total. The SMILES string of the molecule is CC(NC(=O)OCC1c2ccccc2-c2ccccc21)C(=O)NC1CCCCC1C(=O)O. The number of rotatable bonds is 6. The Labute approximate surface area is 187 Å². The maximum Gasteiger partial charge on any atom is 0.407 e. The molecular formula is C25H28N2O5. The fourth-order valence-electron chi connectivity index (χ4n) is 4.79. The molecule has 2 aliphatic carbocycles. The van der Waals surface area contributed by atoms with Crippen molar-refractivity contribution in [3.63, 3.8) is 0 Å². The van der Waals surface area contributed by atoms with Gasteiger partial charge in [-0.05, 0) is 42.0 Å². The number of aliphatic carboxylic acids is 1. The predicted molar refractivity (Wildman–Crippen MR) is 119 cm³/mol. The molecule has 0 radical (unpaired) electrons. The van der Waals surface area contributed by atoms with Crippen LogP contribution in [0.5, 0.6) is 0 Å². The van der Waals surface area contributed by atoms with Gasteiger partial charge in [-0.15, -0.1) is 0 Å². The number of fused-ring (bicyclic) bond motifs is 3. The maximum atomic E-state index is 12.5. The average molecular weight is 437 g/mol. The summed E-state index contributed by atoms with van der Waals surface area (Å²) in [5.74, 6) is -1.95. The summed E-state index contributed by atoms with van der Waals surface area (Å²) in [5, 5.41) is 14.7. The van der Waals surface area contributed by atoms with E-state index in [9.17, 15) is 19.5 Å². The molecular weight excluding hydrogens is 408 g/mol. The molecule has 1 saturated carbocycles. The first-order chi connectivity index (χ1) is 15.5. The van der Waals surface area contributed by atoms with Crippen LogP contribution in [0.2, 0.25) is 0 Å². The Kier molecular flexibility index (Phi) is 6.44. The molecule has 3 atom stereocenters. The number of hydrogen-bond donors (Lipinski definition) is 3. The molecule has 2 aromatic rings. The largest absolute Gasteiger partial charge is 0.481 e. The van der Waals surface area contributed by atoms with Crippen molar-refractivity contribution in [2.45, 2.75) is 50.6 Å². The molecule has 32 heavy (non-hydrogen) atoms. The van der Waals surface area contributed by atoms with E-state index in [2.05, 4.69) is 22.8 Å². The van der Waals surface area contributed by atoms with Crippen LogP contribution in [0.1, 0.15) is 49.7 Å². The molecule has 0 heterocycles. The van der Waals surface area contributed by atoms with Crippen LogP contribution in [0.25, 0.3) is 11.1 Å². The Bertz CT molecular complexity index is 975. The average Bonchev–Trinajstić information content (AvgIpc) is 3.11. The summed E-state index contributed by atoms with van der Waals surface area (Å²) in [6.45, 7) is 1.73. The van der Waals surface area contributed by atoms with Gasteiger partial charge in [0.25, 0.3) is 0 Å². The van der Waals surface area contributed by atoms with Crippen molar-refractivity contribution in [1.82, 2.24) is 10.6 Å². The van der Waals surface area contributed by atoms with Gasteiger partial charge in [-0.3, -0.25) is 9.59 Å². The molecule has 0 aromatic heterocycles. The maximum absolute atomic E-state index is 12.5. The van der Waals surface area contributed by atoms with E-state index in [1.165, 1.54) is 0 Å². The molecule has 2 amide bonds. The summed E-state index contributed by atoms with van der Waals surface area (Å²) in [4.78, 5) is 36.4. The molecule has 0 aliphatic heterocycles. The van der Waals surface area contributed by atoms with E-state index in [0.29, 0.717) is 12.8 Å². The number of carboxylic acid groups (broad SMARTS) is 1. The van der Waals surface area contributed by atoms with Gasteiger partial charge in [0.1, 0.15) is 12.6 Å². The topological polar surface area (TPSA) is 105 Å². The minimum absolute atomic E-state index is 0.0594. The first kappa shape index (κ1) is 21.9. The van der Waals surface area contributed by atoms with Gasteiger partial charge in [-0.1, -0.05) is 61.4 Å². The fourth-order valence-corrected chi connectivity index (χ4v) is 4.79. The quantitative estimate of drug-likeness (QED) is 0.641. The van der Waals surface area contributed by atoms with Crippen molar-refractivity contribution >= 4 is 18.0 Å². The Hall–Kier alpha value is -3.35. The summed E-state index contributed by atoms with van der Waals surface area (Å²) in [7, 11) is 0. The van der Waals surface area contributed by atoms with E-state index in [1.807, 2.05) is 36.4 Å². The molecule has 0 spiro atoms. The van der Waals surface area contributed by atoms with E-state index < -0.39 is 36.0 Å². The molecule has 7 heteroatoms. The second kappa shape index (κ2) is 9.42. The summed E-state index contributed by atoms with van der Waals surface area (Å²) in [6.07, 6.45) is 2.22. The zero-order valence-electron chi connectivity index (χ0n) is 18.0. The van der Waals surface area contributed by atoms with Crippen LogP contribution in [-0.4, -0.2) is 41.8 Å². The molecule has 0 saturated heterocycles. The number of carbonyl (C=O) groups excluding carboxylic acids is 2. The van der Waals surface area contributed by atoms with Crippen LogP contribution in [0, 0.1) is 5.92 Å². The molecule has 0 bridgehead atoms. The number of carboxylic acids is 1. The highest BCUT2D eigenvalue weighted by Crippen LogP contribution is 2.44. The van der Waals surface area contributed by atoms with Crippen LogP contribution < -0.4 is 10.6 Å². The first-order valence-electron chi connectivity index (χ1n) is 11.1. The molecule has 168 valence electrons. The summed E-state index contributed by atoms with van der Waals surface area (Å²) < 4.78 is 5.49. The van der Waals surface area contributed by atoms with Crippen LogP contribution in [0.3, 0.4) is 0 Å². The number of nitrogens with one attached hydrogen (secondary N) is 2. The minimum atomic E-state index is -0.896. The van der Waals surface area contributed by atoms with Crippen LogP contribution in [0.4, 0.5) is 4.79 Å². The van der Waals surface area contributed by atoms with Crippen molar-refractivity contribution < 1.29 is 24.2 Å². The van der Waals surface area contributed by atoms with Crippen molar-refractivity contribution in [2.75, 3.05) is 6.61 Å². The van der Waals surface area contributed by atoms with Crippen molar-refractivity contribution in [3.8, 4) is 11.1 Å². The van der Waals surface area contributed by atoms with Gasteiger partial charge in [0.15, 0.2) is 0 Å². The number of hydrogen-bond acceptors (Lipinski definition) is 4. The van der Waals surface area contributed by atoms with E-state index in [1.54, 1.807) is 6.92 Å². The number of carbonyl (C=O) groups is 3. The monoisotopic (exact) mass is 436 g/mol. The Morgan fingerprint density at radius 2 is 1.59 bits per heavy atom. The lowest BCUT2D eigenvalue weighted by atomic mass is 9.84. The number of alkyl carbamates (subject to hydrolysis) is 1.